The summed E-state index contributed by atoms with van der Waals surface area (Å²) in [5.74, 6) is -0.889. The van der Waals surface area contributed by atoms with Crippen LogP contribution in [-0.4, -0.2) is 45.4 Å². The lowest BCUT2D eigenvalue weighted by atomic mass is 10.1. The number of nitrogens with zero attached hydrogens (tertiary/aromatic N) is 2. The van der Waals surface area contributed by atoms with Gasteiger partial charge in [-0.3, -0.25) is 24.0 Å². The fraction of sp³-hybridized carbons (Fsp3) is 0.259. The van der Waals surface area contributed by atoms with E-state index in [9.17, 15) is 28.1 Å². The van der Waals surface area contributed by atoms with Gasteiger partial charge in [0.15, 0.2) is 0 Å². The molecule has 0 fully saturated rings. The molecule has 3 rings (SSSR count). The predicted octanol–water partition coefficient (Wildman–Crippen LogP) is 4.79. The van der Waals surface area contributed by atoms with Gasteiger partial charge in [0.2, 0.25) is 5.91 Å². The van der Waals surface area contributed by atoms with Crippen molar-refractivity contribution < 1.29 is 27.7 Å². The molecule has 11 nitrogen and oxygen atoms in total. The van der Waals surface area contributed by atoms with Crippen molar-refractivity contribution in [2.45, 2.75) is 25.7 Å². The average Bonchev–Trinajstić information content (AvgIpc) is 2.90. The Bertz CT molecular complexity index is 1540. The zero-order valence-electron chi connectivity index (χ0n) is 22.3. The van der Waals surface area contributed by atoms with Crippen molar-refractivity contribution >= 4 is 50.5 Å². The van der Waals surface area contributed by atoms with E-state index in [0.717, 1.165) is 10.4 Å². The number of methoxy groups -OCH3 is 1. The summed E-state index contributed by atoms with van der Waals surface area (Å²) in [4.78, 5) is 36.4. The number of nitrogens with one attached hydrogen (secondary N) is 2. The molecule has 0 saturated carbocycles. The molecule has 0 aliphatic rings. The Labute approximate surface area is 237 Å². The van der Waals surface area contributed by atoms with Crippen molar-refractivity contribution in [2.75, 3.05) is 29.8 Å². The van der Waals surface area contributed by atoms with Crippen LogP contribution in [0.3, 0.4) is 0 Å². The number of para-hydroxylation sites is 1. The number of hydrogen-bond acceptors (Lipinski definition) is 7. The maximum absolute atomic E-state index is 13.9. The topological polar surface area (TPSA) is 148 Å². The summed E-state index contributed by atoms with van der Waals surface area (Å²) in [6.07, 6.45) is 0. The first-order chi connectivity index (χ1) is 18.8. The number of benzene rings is 3. The van der Waals surface area contributed by atoms with E-state index >= 15 is 0 Å². The molecule has 13 heteroatoms. The van der Waals surface area contributed by atoms with E-state index in [1.165, 1.54) is 56.5 Å². The van der Waals surface area contributed by atoms with Crippen molar-refractivity contribution in [3.63, 3.8) is 0 Å². The number of halogens is 1. The van der Waals surface area contributed by atoms with E-state index < -0.39 is 43.9 Å². The molecule has 2 N–H and O–H groups in total. The zero-order valence-corrected chi connectivity index (χ0v) is 23.9. The zero-order chi connectivity index (χ0) is 29.6. The van der Waals surface area contributed by atoms with Crippen molar-refractivity contribution in [2.24, 2.45) is 5.92 Å². The van der Waals surface area contributed by atoms with Gasteiger partial charge in [0.05, 0.1) is 33.9 Å². The monoisotopic (exact) mass is 588 g/mol. The smallest absolute Gasteiger partial charge is 0.273 e. The minimum absolute atomic E-state index is 0.0589. The van der Waals surface area contributed by atoms with E-state index in [2.05, 4.69) is 10.6 Å². The Morgan fingerprint density at radius 1 is 1.10 bits per heavy atom. The minimum atomic E-state index is -4.56. The van der Waals surface area contributed by atoms with Gasteiger partial charge in [0.25, 0.3) is 21.6 Å². The lowest BCUT2D eigenvalue weighted by Gasteiger charge is -2.26. The highest BCUT2D eigenvalue weighted by molar-refractivity contribution is 7.92. The molecule has 2 amide bonds. The first-order valence-corrected chi connectivity index (χ1v) is 13.9. The lowest BCUT2D eigenvalue weighted by Crippen LogP contribution is -2.38. The fourth-order valence-corrected chi connectivity index (χ4v) is 5.34. The Morgan fingerprint density at radius 3 is 2.45 bits per heavy atom. The average molecular weight is 589 g/mol. The van der Waals surface area contributed by atoms with Crippen LogP contribution in [0.5, 0.6) is 5.75 Å². The fourth-order valence-electron chi connectivity index (χ4n) is 3.73. The molecular formula is C27H29ClN4O7S. The van der Waals surface area contributed by atoms with Gasteiger partial charge in [-0.1, -0.05) is 43.6 Å². The minimum Gasteiger partial charge on any atom is -0.495 e. The number of nitro benzene ring substituents is 1. The maximum Gasteiger partial charge on any atom is 0.273 e. The highest BCUT2D eigenvalue weighted by Gasteiger charge is 2.31. The number of carbonyl (C=O) groups is 2. The maximum atomic E-state index is 13.9. The van der Waals surface area contributed by atoms with Crippen LogP contribution < -0.4 is 19.7 Å². The molecule has 0 heterocycles. The Hall–Kier alpha value is -4.16. The molecule has 212 valence electrons. The molecule has 40 heavy (non-hydrogen) atoms. The van der Waals surface area contributed by atoms with Gasteiger partial charge in [-0.25, -0.2) is 8.42 Å². The van der Waals surface area contributed by atoms with Gasteiger partial charge in [-0.2, -0.15) is 0 Å². The third-order valence-corrected chi connectivity index (χ3v) is 7.77. The molecule has 0 aliphatic carbocycles. The van der Waals surface area contributed by atoms with E-state index in [4.69, 9.17) is 16.3 Å². The van der Waals surface area contributed by atoms with Crippen LogP contribution in [0.4, 0.5) is 17.1 Å². The molecule has 0 saturated heterocycles. The highest BCUT2D eigenvalue weighted by Crippen LogP contribution is 2.36. The van der Waals surface area contributed by atoms with Crippen molar-refractivity contribution in [1.82, 2.24) is 5.32 Å². The Morgan fingerprint density at radius 2 is 1.80 bits per heavy atom. The molecule has 0 atom stereocenters. The van der Waals surface area contributed by atoms with Crippen LogP contribution >= 0.6 is 11.6 Å². The summed E-state index contributed by atoms with van der Waals surface area (Å²) in [7, 11) is -3.24. The van der Waals surface area contributed by atoms with Crippen LogP contribution in [0.25, 0.3) is 0 Å². The third kappa shape index (κ3) is 7.07. The second kappa shape index (κ2) is 12.8. The first-order valence-electron chi connectivity index (χ1n) is 12.1. The van der Waals surface area contributed by atoms with Crippen molar-refractivity contribution in [3.8, 4) is 5.75 Å². The number of amides is 2. The summed E-state index contributed by atoms with van der Waals surface area (Å²) >= 11 is 6.16. The molecule has 0 aromatic heterocycles. The van der Waals surface area contributed by atoms with Gasteiger partial charge >= 0.3 is 0 Å². The van der Waals surface area contributed by atoms with Crippen molar-refractivity contribution in [1.29, 1.82) is 0 Å². The summed E-state index contributed by atoms with van der Waals surface area (Å²) in [5.41, 5.74) is 0.178. The molecule has 0 radical (unpaired) electrons. The second-order valence-electron chi connectivity index (χ2n) is 9.23. The predicted molar refractivity (Wildman–Crippen MR) is 153 cm³/mol. The normalized spacial score (nSPS) is 11.2. The van der Waals surface area contributed by atoms with E-state index in [-0.39, 0.29) is 39.2 Å². The number of ether oxygens (including phenoxy) is 1. The molecule has 0 bridgehead atoms. The number of nitro groups is 1. The molecule has 0 unspecified atom stereocenters. The Kier molecular flexibility index (Phi) is 9.72. The summed E-state index contributed by atoms with van der Waals surface area (Å²) in [6.45, 7) is 5.02. The van der Waals surface area contributed by atoms with Gasteiger partial charge in [-0.05, 0) is 49.2 Å². The van der Waals surface area contributed by atoms with Crippen LogP contribution in [-0.2, 0) is 14.8 Å². The van der Waals surface area contributed by atoms with Gasteiger partial charge in [0.1, 0.15) is 12.3 Å². The second-order valence-corrected chi connectivity index (χ2v) is 11.5. The number of anilines is 2. The highest BCUT2D eigenvalue weighted by atomic mass is 35.5. The van der Waals surface area contributed by atoms with Crippen LogP contribution in [0, 0.1) is 23.0 Å². The molecule has 3 aromatic rings. The quantitative estimate of drug-likeness (QED) is 0.242. The SMILES string of the molecule is COc1ccc(Cl)cc1N(CC(=O)Nc1ccccc1C(=O)NCC(C)C)S(=O)(=O)c1ccc(C)c([N+](=O)[O-])c1. The van der Waals surface area contributed by atoms with E-state index in [1.54, 1.807) is 12.1 Å². The third-order valence-electron chi connectivity index (χ3n) is 5.78. The summed E-state index contributed by atoms with van der Waals surface area (Å²) < 4.78 is 33.8. The molecule has 3 aromatic carbocycles. The van der Waals surface area contributed by atoms with Crippen LogP contribution in [0.2, 0.25) is 5.02 Å². The van der Waals surface area contributed by atoms with Crippen molar-refractivity contribution in [3.05, 3.63) is 86.9 Å². The van der Waals surface area contributed by atoms with Crippen LogP contribution in [0.15, 0.2) is 65.6 Å². The molecule has 0 spiro atoms. The van der Waals surface area contributed by atoms with Crippen LogP contribution in [0.1, 0.15) is 29.8 Å². The first kappa shape index (κ1) is 30.4. The number of sulfonamides is 1. The number of carbonyl (C=O) groups excluding carboxylic acids is 2. The standard InChI is InChI=1S/C27H29ClN4O7S/c1-17(2)15-29-27(34)21-7-5-6-8-22(21)30-26(33)16-31(24-13-19(28)10-12-25(24)39-4)40(37,38)20-11-9-18(3)23(14-20)32(35)36/h5-14,17H,15-16H2,1-4H3,(H,29,34)(H,30,33). The number of rotatable bonds is 11. The largest absolute Gasteiger partial charge is 0.495 e. The van der Waals surface area contributed by atoms with Gasteiger partial charge < -0.3 is 15.4 Å². The summed E-state index contributed by atoms with van der Waals surface area (Å²) in [5, 5.41) is 17.1. The summed E-state index contributed by atoms with van der Waals surface area (Å²) in [6, 6.07) is 14.0. The lowest BCUT2D eigenvalue weighted by molar-refractivity contribution is -0.385. The van der Waals surface area contributed by atoms with Gasteiger partial charge in [-0.15, -0.1) is 0 Å². The van der Waals surface area contributed by atoms with E-state index in [0.29, 0.717) is 6.54 Å². The number of hydrogen-bond donors (Lipinski definition) is 2. The molecular weight excluding hydrogens is 560 g/mol. The Balaban J connectivity index is 2.04. The molecule has 0 aliphatic heterocycles. The van der Waals surface area contributed by atoms with Gasteiger partial charge in [0, 0.05) is 23.2 Å². The van der Waals surface area contributed by atoms with E-state index in [1.807, 2.05) is 13.8 Å². The number of aryl methyl sites for hydroxylation is 1.